The molecule has 0 bridgehead atoms. The van der Waals surface area contributed by atoms with E-state index in [0.717, 1.165) is 42.0 Å². The summed E-state index contributed by atoms with van der Waals surface area (Å²) in [6, 6.07) is 4.89. The summed E-state index contributed by atoms with van der Waals surface area (Å²) in [6.45, 7) is 3.40. The number of hydrogen-bond donors (Lipinski definition) is 2. The van der Waals surface area contributed by atoms with Crippen LogP contribution in [0.1, 0.15) is 46.5 Å². The summed E-state index contributed by atoms with van der Waals surface area (Å²) >= 11 is 0. The highest BCUT2D eigenvalue weighted by Crippen LogP contribution is 2.37. The van der Waals surface area contributed by atoms with Gasteiger partial charge >= 0.3 is 18.6 Å². The molecule has 0 aliphatic carbocycles. The third kappa shape index (κ3) is 6.77. The van der Waals surface area contributed by atoms with Crippen molar-refractivity contribution in [1.82, 2.24) is 0 Å². The fourth-order valence-electron chi connectivity index (χ4n) is 2.81. The smallest absolute Gasteiger partial charge is 0.416 e. The van der Waals surface area contributed by atoms with E-state index < -0.39 is 47.6 Å². The summed E-state index contributed by atoms with van der Waals surface area (Å²) in [5, 5.41) is 20.1. The zero-order chi connectivity index (χ0) is 24.9. The van der Waals surface area contributed by atoms with Gasteiger partial charge in [0.2, 0.25) is 0 Å². The van der Waals surface area contributed by atoms with Gasteiger partial charge in [0, 0.05) is 5.56 Å². The van der Waals surface area contributed by atoms with Gasteiger partial charge in [-0.2, -0.15) is 17.6 Å². The van der Waals surface area contributed by atoms with Gasteiger partial charge in [0.1, 0.15) is 17.1 Å². The third-order valence-electron chi connectivity index (χ3n) is 4.45. The van der Waals surface area contributed by atoms with Gasteiger partial charge in [-0.1, -0.05) is 35.9 Å². The molecule has 1 atom stereocenters. The predicted octanol–water partition coefficient (Wildman–Crippen LogP) is 6.73. The minimum Gasteiger partial charge on any atom is -0.507 e. The zero-order valence-corrected chi connectivity index (χ0v) is 17.5. The minimum atomic E-state index is -4.54. The maximum atomic E-state index is 13.6. The molecule has 4 nitrogen and oxygen atoms in total. The predicted molar refractivity (Wildman–Crippen MR) is 110 cm³/mol. The van der Waals surface area contributed by atoms with Crippen molar-refractivity contribution < 1.29 is 46.1 Å². The Kier molecular flexibility index (Phi) is 8.18. The normalized spacial score (nSPS) is 12.8. The molecule has 0 aliphatic rings. The van der Waals surface area contributed by atoms with Crippen LogP contribution >= 0.6 is 0 Å². The van der Waals surface area contributed by atoms with Crippen LogP contribution in [-0.4, -0.2) is 29.0 Å². The first kappa shape index (κ1) is 25.8. The molecule has 0 aromatic heterocycles. The van der Waals surface area contributed by atoms with Crippen molar-refractivity contribution in [3.05, 3.63) is 69.8 Å². The quantitative estimate of drug-likeness (QED) is 0.253. The molecule has 2 aromatic rings. The van der Waals surface area contributed by atoms with Gasteiger partial charge < -0.3 is 14.9 Å². The number of ether oxygens (including phenoxy) is 1. The van der Waals surface area contributed by atoms with Crippen molar-refractivity contribution in [2.24, 2.45) is 0 Å². The topological polar surface area (TPSA) is 66.8 Å². The molecule has 1 unspecified atom stereocenters. The largest absolute Gasteiger partial charge is 0.507 e. The van der Waals surface area contributed by atoms with Crippen molar-refractivity contribution in [2.75, 3.05) is 0 Å². The summed E-state index contributed by atoms with van der Waals surface area (Å²) in [5.74, 6) is -2.85. The summed E-state index contributed by atoms with van der Waals surface area (Å²) in [5.41, 5.74) is -0.903. The highest BCUT2D eigenvalue weighted by atomic mass is 19.4. The van der Waals surface area contributed by atoms with Crippen molar-refractivity contribution in [1.29, 1.82) is 0 Å². The first-order valence-corrected chi connectivity index (χ1v) is 9.51. The highest BCUT2D eigenvalue weighted by Gasteiger charge is 2.30. The Labute approximate surface area is 185 Å². The number of carboxylic acids is 1. The van der Waals surface area contributed by atoms with E-state index in [0.29, 0.717) is 0 Å². The van der Waals surface area contributed by atoms with E-state index in [9.17, 15) is 41.4 Å². The number of alkyl halides is 6. The van der Waals surface area contributed by atoms with Gasteiger partial charge in [-0.25, -0.2) is 13.6 Å². The standard InChI is InChI=1S/C23H20F6O4/c1-12(2)3-10-16-17(33-21(26)20(24)25)11-14(18(19(16)30)22(31)32)7-4-13-5-8-15(9-6-13)23(27,28)29/h3-9,11,20-21,30H,10H2,1-2H3,(H,31,32). The fourth-order valence-corrected chi connectivity index (χ4v) is 2.81. The molecule has 33 heavy (non-hydrogen) atoms. The number of halogens is 6. The molecular weight excluding hydrogens is 454 g/mol. The average molecular weight is 474 g/mol. The maximum absolute atomic E-state index is 13.6. The first-order valence-electron chi connectivity index (χ1n) is 9.51. The van der Waals surface area contributed by atoms with E-state index in [1.54, 1.807) is 19.9 Å². The van der Waals surface area contributed by atoms with E-state index in [1.165, 1.54) is 6.08 Å². The van der Waals surface area contributed by atoms with Crippen LogP contribution < -0.4 is 4.74 Å². The zero-order valence-electron chi connectivity index (χ0n) is 17.5. The molecular formula is C23H20F6O4. The Balaban J connectivity index is 2.58. The Bertz CT molecular complexity index is 1050. The molecule has 0 saturated heterocycles. The summed E-state index contributed by atoms with van der Waals surface area (Å²) < 4.78 is 81.7. The number of aromatic carboxylic acids is 1. The number of carboxylic acid groups (broad SMARTS) is 1. The second-order valence-electron chi connectivity index (χ2n) is 7.21. The fraction of sp³-hybridized carbons (Fsp3) is 0.261. The molecule has 0 aliphatic heterocycles. The maximum Gasteiger partial charge on any atom is 0.416 e. The molecule has 0 amide bonds. The van der Waals surface area contributed by atoms with Crippen LogP contribution in [0.5, 0.6) is 11.5 Å². The minimum absolute atomic E-state index is 0.122. The van der Waals surface area contributed by atoms with Gasteiger partial charge in [-0.3, -0.25) is 0 Å². The van der Waals surface area contributed by atoms with Crippen LogP contribution in [-0.2, 0) is 12.6 Å². The Hall–Kier alpha value is -3.43. The lowest BCUT2D eigenvalue weighted by Crippen LogP contribution is -2.20. The lowest BCUT2D eigenvalue weighted by Gasteiger charge is -2.18. The molecule has 0 spiro atoms. The molecule has 2 aromatic carbocycles. The number of phenols is 1. The lowest BCUT2D eigenvalue weighted by atomic mass is 9.97. The van der Waals surface area contributed by atoms with Crippen molar-refractivity contribution in [2.45, 2.75) is 39.2 Å². The summed E-state index contributed by atoms with van der Waals surface area (Å²) in [6.07, 6.45) is -7.24. The van der Waals surface area contributed by atoms with E-state index in [1.807, 2.05) is 0 Å². The SMILES string of the molecule is CC(C)=CCc1c(OC(F)C(F)F)cc(C=Cc2ccc(C(F)(F)F)cc2)c(C(=O)O)c1O. The van der Waals surface area contributed by atoms with Gasteiger partial charge in [0.05, 0.1) is 5.56 Å². The molecule has 2 N–H and O–H groups in total. The van der Waals surface area contributed by atoms with E-state index in [2.05, 4.69) is 4.74 Å². The Morgan fingerprint density at radius 1 is 1.09 bits per heavy atom. The van der Waals surface area contributed by atoms with Crippen molar-refractivity contribution in [3.63, 3.8) is 0 Å². The average Bonchev–Trinajstić information content (AvgIpc) is 2.70. The monoisotopic (exact) mass is 474 g/mol. The van der Waals surface area contributed by atoms with Crippen LogP contribution in [0.15, 0.2) is 42.0 Å². The molecule has 0 radical (unpaired) electrons. The van der Waals surface area contributed by atoms with Crippen molar-refractivity contribution in [3.8, 4) is 11.5 Å². The number of benzene rings is 2. The van der Waals surface area contributed by atoms with E-state index >= 15 is 0 Å². The second-order valence-corrected chi connectivity index (χ2v) is 7.21. The van der Waals surface area contributed by atoms with Crippen LogP contribution in [0.3, 0.4) is 0 Å². The Morgan fingerprint density at radius 3 is 2.18 bits per heavy atom. The van der Waals surface area contributed by atoms with Crippen LogP contribution in [0, 0.1) is 0 Å². The van der Waals surface area contributed by atoms with Crippen molar-refractivity contribution >= 4 is 18.1 Å². The van der Waals surface area contributed by atoms with E-state index in [-0.39, 0.29) is 23.1 Å². The highest BCUT2D eigenvalue weighted by molar-refractivity contribution is 5.97. The van der Waals surface area contributed by atoms with Gasteiger partial charge in [0.15, 0.2) is 0 Å². The summed E-state index contributed by atoms with van der Waals surface area (Å²) in [4.78, 5) is 11.8. The van der Waals surface area contributed by atoms with Gasteiger partial charge in [-0.15, -0.1) is 0 Å². The van der Waals surface area contributed by atoms with Crippen LogP contribution in [0.25, 0.3) is 12.2 Å². The molecule has 2 rings (SSSR count). The molecule has 0 fully saturated rings. The second kappa shape index (κ2) is 10.5. The molecule has 10 heteroatoms. The third-order valence-corrected chi connectivity index (χ3v) is 4.45. The number of carbonyl (C=O) groups is 1. The number of rotatable bonds is 8. The first-order chi connectivity index (χ1) is 15.3. The number of allylic oxidation sites excluding steroid dienone is 2. The Morgan fingerprint density at radius 2 is 1.70 bits per heavy atom. The van der Waals surface area contributed by atoms with Crippen LogP contribution in [0.4, 0.5) is 26.3 Å². The van der Waals surface area contributed by atoms with Gasteiger partial charge in [0.25, 0.3) is 6.36 Å². The number of aromatic hydroxyl groups is 1. The van der Waals surface area contributed by atoms with Gasteiger partial charge in [-0.05, 0) is 49.6 Å². The molecule has 0 heterocycles. The molecule has 178 valence electrons. The molecule has 0 saturated carbocycles. The lowest BCUT2D eigenvalue weighted by molar-refractivity contribution is -0.137. The van der Waals surface area contributed by atoms with E-state index in [4.69, 9.17) is 0 Å². The number of hydrogen-bond acceptors (Lipinski definition) is 3. The van der Waals surface area contributed by atoms with Crippen LogP contribution in [0.2, 0.25) is 0 Å². The summed E-state index contributed by atoms with van der Waals surface area (Å²) in [7, 11) is 0.